The zero-order valence-electron chi connectivity index (χ0n) is 17.3. The van der Waals surface area contributed by atoms with Crippen molar-refractivity contribution in [2.45, 2.75) is 79.3 Å². The highest BCUT2D eigenvalue weighted by molar-refractivity contribution is 7.56. The number of rotatable bonds is 11. The van der Waals surface area contributed by atoms with E-state index in [4.69, 9.17) is 4.76 Å². The normalized spacial score (nSPS) is 11.6. The predicted molar refractivity (Wildman–Crippen MR) is 115 cm³/mol. The number of aromatic nitrogens is 2. The van der Waals surface area contributed by atoms with Crippen LogP contribution in [0.5, 0.6) is 0 Å². The first-order valence-corrected chi connectivity index (χ1v) is 11.5. The molecule has 0 bridgehead atoms. The second-order valence-corrected chi connectivity index (χ2v) is 9.27. The van der Waals surface area contributed by atoms with Gasteiger partial charge in [-0.25, -0.2) is 4.76 Å². The Kier molecular flexibility index (Phi) is 9.50. The van der Waals surface area contributed by atoms with Crippen LogP contribution >= 0.6 is 8.07 Å². The molecule has 0 fully saturated rings. The Morgan fingerprint density at radius 2 is 1.28 bits per heavy atom. The van der Waals surface area contributed by atoms with Crippen LogP contribution in [0.15, 0.2) is 17.9 Å². The van der Waals surface area contributed by atoms with E-state index in [1.165, 1.54) is 38.0 Å². The summed E-state index contributed by atoms with van der Waals surface area (Å²) < 4.78 is 10.0. The maximum Gasteiger partial charge on any atom is 0.210 e. The minimum absolute atomic E-state index is 0.325. The van der Waals surface area contributed by atoms with E-state index < -0.39 is 0 Å². The fraction of sp³-hybridized carbons (Fsp3) is 0.667. The van der Waals surface area contributed by atoms with Gasteiger partial charge in [-0.3, -0.25) is 0 Å². The molecule has 25 heavy (non-hydrogen) atoms. The van der Waals surface area contributed by atoms with Crippen LogP contribution in [0.3, 0.4) is 0 Å². The Hall–Kier alpha value is -1.08. The van der Waals surface area contributed by atoms with Gasteiger partial charge in [-0.2, -0.15) is 0 Å². The van der Waals surface area contributed by atoms with Crippen LogP contribution in [-0.4, -0.2) is 21.5 Å². The highest BCUT2D eigenvalue weighted by Crippen LogP contribution is 2.39. The molecule has 3 nitrogen and oxygen atoms in total. The molecule has 0 aromatic carbocycles. The standard InChI is InChI=1S/C21H38N3P/c1-9-13-15-25(16-14-10-2)22-21-23(17(5)6)19(11-3)20(12-4)24(21)18(7)8/h11-12,17-18H,3-4,9-10,13-16H2,1-2,5-8H3. The van der Waals surface area contributed by atoms with Crippen LogP contribution in [0.25, 0.3) is 12.2 Å². The fourth-order valence-electron chi connectivity index (χ4n) is 3.12. The van der Waals surface area contributed by atoms with Crippen LogP contribution in [0.4, 0.5) is 0 Å². The molecule has 0 aliphatic heterocycles. The van der Waals surface area contributed by atoms with E-state index in [2.05, 4.69) is 63.8 Å². The summed E-state index contributed by atoms with van der Waals surface area (Å²) in [7, 11) is -0.325. The molecular formula is C21H38N3P. The second kappa shape index (κ2) is 10.8. The summed E-state index contributed by atoms with van der Waals surface area (Å²) in [4.78, 5) is 0. The Labute approximate surface area is 156 Å². The van der Waals surface area contributed by atoms with E-state index in [1.54, 1.807) is 0 Å². The summed E-state index contributed by atoms with van der Waals surface area (Å²) in [6.45, 7) is 21.6. The van der Waals surface area contributed by atoms with Crippen molar-refractivity contribution in [2.24, 2.45) is 4.76 Å². The van der Waals surface area contributed by atoms with E-state index in [0.29, 0.717) is 12.1 Å². The highest BCUT2D eigenvalue weighted by Gasteiger charge is 2.19. The van der Waals surface area contributed by atoms with Gasteiger partial charge in [-0.05, 0) is 65.0 Å². The van der Waals surface area contributed by atoms with E-state index in [0.717, 1.165) is 17.0 Å². The van der Waals surface area contributed by atoms with Crippen molar-refractivity contribution in [3.05, 3.63) is 30.2 Å². The van der Waals surface area contributed by atoms with Crippen LogP contribution in [0, 0.1) is 0 Å². The van der Waals surface area contributed by atoms with Crippen LogP contribution in [0.2, 0.25) is 0 Å². The topological polar surface area (TPSA) is 22.2 Å². The molecule has 0 N–H and O–H groups in total. The van der Waals surface area contributed by atoms with Gasteiger partial charge in [0.2, 0.25) is 5.62 Å². The largest absolute Gasteiger partial charge is 0.307 e. The molecule has 0 radical (unpaired) electrons. The molecule has 0 aliphatic carbocycles. The van der Waals surface area contributed by atoms with Crippen LogP contribution in [0.1, 0.15) is 90.7 Å². The maximum atomic E-state index is 5.35. The lowest BCUT2D eigenvalue weighted by molar-refractivity contribution is 0.510. The first-order chi connectivity index (χ1) is 11.9. The van der Waals surface area contributed by atoms with Gasteiger partial charge in [-0.15, -0.1) is 0 Å². The molecule has 0 aliphatic rings. The van der Waals surface area contributed by atoms with Crippen molar-refractivity contribution in [3.63, 3.8) is 0 Å². The SMILES string of the molecule is C=Cc1c(C=C)n(C(C)C)c(=NP(CCCC)CCCC)n1C(C)C. The molecule has 1 aromatic rings. The van der Waals surface area contributed by atoms with Gasteiger partial charge >= 0.3 is 0 Å². The monoisotopic (exact) mass is 363 g/mol. The first-order valence-electron chi connectivity index (χ1n) is 9.83. The summed E-state index contributed by atoms with van der Waals surface area (Å²) in [6, 6.07) is 0.694. The van der Waals surface area contributed by atoms with Crippen molar-refractivity contribution >= 4 is 20.2 Å². The van der Waals surface area contributed by atoms with E-state index in [1.807, 2.05) is 12.2 Å². The van der Waals surface area contributed by atoms with Gasteiger partial charge in [0.15, 0.2) is 0 Å². The van der Waals surface area contributed by atoms with Crippen molar-refractivity contribution in [1.82, 2.24) is 9.13 Å². The zero-order chi connectivity index (χ0) is 19.0. The highest BCUT2D eigenvalue weighted by atomic mass is 31.1. The third-order valence-corrected chi connectivity index (χ3v) is 6.53. The average Bonchev–Trinajstić information content (AvgIpc) is 2.90. The molecule has 0 unspecified atom stereocenters. The lowest BCUT2D eigenvalue weighted by Crippen LogP contribution is -2.29. The molecule has 0 amide bonds. The fourth-order valence-corrected chi connectivity index (χ4v) is 5.35. The molecule has 1 heterocycles. The third-order valence-electron chi connectivity index (χ3n) is 4.40. The van der Waals surface area contributed by atoms with Crippen LogP contribution in [-0.2, 0) is 0 Å². The Balaban J connectivity index is 3.64. The van der Waals surface area contributed by atoms with Gasteiger partial charge in [0.1, 0.15) is 0 Å². The summed E-state index contributed by atoms with van der Waals surface area (Å²) in [5.41, 5.74) is 3.38. The second-order valence-electron chi connectivity index (χ2n) is 7.17. The number of imidazole rings is 1. The van der Waals surface area contributed by atoms with E-state index >= 15 is 0 Å². The van der Waals surface area contributed by atoms with E-state index in [9.17, 15) is 0 Å². The van der Waals surface area contributed by atoms with Crippen molar-refractivity contribution in [1.29, 1.82) is 0 Å². The lowest BCUT2D eigenvalue weighted by atomic mass is 10.2. The van der Waals surface area contributed by atoms with Gasteiger partial charge in [0.25, 0.3) is 0 Å². The number of hydrogen-bond donors (Lipinski definition) is 0. The van der Waals surface area contributed by atoms with Gasteiger partial charge < -0.3 is 9.13 Å². The van der Waals surface area contributed by atoms with Gasteiger partial charge in [-0.1, -0.05) is 39.8 Å². The first kappa shape index (κ1) is 22.0. The van der Waals surface area contributed by atoms with Gasteiger partial charge in [0.05, 0.1) is 11.4 Å². The summed E-state index contributed by atoms with van der Waals surface area (Å²) in [5, 5.41) is 0. The summed E-state index contributed by atoms with van der Waals surface area (Å²) in [5.74, 6) is 0. The quantitative estimate of drug-likeness (QED) is 0.393. The number of hydrogen-bond acceptors (Lipinski definition) is 1. The van der Waals surface area contributed by atoms with Crippen LogP contribution < -0.4 is 5.62 Å². The lowest BCUT2D eigenvalue weighted by Gasteiger charge is -2.16. The number of unbranched alkanes of at least 4 members (excludes halogenated alkanes) is 2. The average molecular weight is 364 g/mol. The van der Waals surface area contributed by atoms with Crippen molar-refractivity contribution < 1.29 is 0 Å². The zero-order valence-corrected chi connectivity index (χ0v) is 18.1. The Bertz CT molecular complexity index is 571. The minimum Gasteiger partial charge on any atom is -0.307 e. The molecule has 0 spiro atoms. The summed E-state index contributed by atoms with van der Waals surface area (Å²) in [6.07, 6.45) is 11.4. The molecule has 4 heteroatoms. The minimum atomic E-state index is -0.325. The number of nitrogens with zero attached hydrogens (tertiary/aromatic N) is 3. The molecule has 142 valence electrons. The van der Waals surface area contributed by atoms with Gasteiger partial charge in [0, 0.05) is 20.2 Å². The van der Waals surface area contributed by atoms with Crippen molar-refractivity contribution in [3.8, 4) is 0 Å². The third kappa shape index (κ3) is 5.45. The molecule has 0 saturated carbocycles. The van der Waals surface area contributed by atoms with E-state index in [-0.39, 0.29) is 8.07 Å². The smallest absolute Gasteiger partial charge is 0.210 e. The Morgan fingerprint density at radius 3 is 1.56 bits per heavy atom. The van der Waals surface area contributed by atoms with Crippen molar-refractivity contribution in [2.75, 3.05) is 12.3 Å². The predicted octanol–water partition coefficient (Wildman–Crippen LogP) is 6.64. The molecule has 0 atom stereocenters. The molecule has 0 saturated heterocycles. The maximum absolute atomic E-state index is 5.35. The molecule has 1 aromatic heterocycles. The molecular weight excluding hydrogens is 325 g/mol. The summed E-state index contributed by atoms with van der Waals surface area (Å²) >= 11 is 0. The molecule has 1 rings (SSSR count). The Morgan fingerprint density at radius 1 is 0.880 bits per heavy atom.